The molecular weight excluding hydrogens is 264 g/mol. The largest absolute Gasteiger partial charge is 0.478 e. The number of aromatic carboxylic acids is 1. The molecule has 0 bridgehead atoms. The van der Waals surface area contributed by atoms with Gasteiger partial charge in [0, 0.05) is 4.88 Å². The van der Waals surface area contributed by atoms with Gasteiger partial charge >= 0.3 is 11.9 Å². The summed E-state index contributed by atoms with van der Waals surface area (Å²) in [5, 5.41) is 10.9. The van der Waals surface area contributed by atoms with Crippen molar-refractivity contribution < 1.29 is 19.4 Å². The van der Waals surface area contributed by atoms with E-state index in [9.17, 15) is 9.59 Å². The molecule has 0 aliphatic carbocycles. The Morgan fingerprint density at radius 1 is 1.16 bits per heavy atom. The number of esters is 1. The SMILES string of the molecule is C[C@@H](OC(=O)c1ccccc1C(=O)O)c1cccs1. The fraction of sp³-hybridized carbons (Fsp3) is 0.143. The highest BCUT2D eigenvalue weighted by atomic mass is 32.1. The van der Waals surface area contributed by atoms with Crippen molar-refractivity contribution in [3.8, 4) is 0 Å². The number of benzene rings is 1. The first kappa shape index (κ1) is 13.3. The number of rotatable bonds is 4. The van der Waals surface area contributed by atoms with E-state index >= 15 is 0 Å². The number of ether oxygens (including phenoxy) is 1. The lowest BCUT2D eigenvalue weighted by Crippen LogP contribution is -2.13. The van der Waals surface area contributed by atoms with E-state index in [4.69, 9.17) is 9.84 Å². The summed E-state index contributed by atoms with van der Waals surface area (Å²) >= 11 is 1.49. The molecule has 1 aromatic carbocycles. The van der Waals surface area contributed by atoms with E-state index in [1.54, 1.807) is 19.1 Å². The molecule has 2 rings (SSSR count). The van der Waals surface area contributed by atoms with Crippen LogP contribution in [0.15, 0.2) is 41.8 Å². The van der Waals surface area contributed by atoms with Gasteiger partial charge in [-0.1, -0.05) is 18.2 Å². The van der Waals surface area contributed by atoms with Gasteiger partial charge in [0.05, 0.1) is 11.1 Å². The molecule has 5 heteroatoms. The van der Waals surface area contributed by atoms with E-state index in [1.165, 1.54) is 23.5 Å². The van der Waals surface area contributed by atoms with Crippen molar-refractivity contribution in [2.45, 2.75) is 13.0 Å². The molecule has 0 saturated heterocycles. The number of carbonyl (C=O) groups excluding carboxylic acids is 1. The molecule has 19 heavy (non-hydrogen) atoms. The number of hydrogen-bond acceptors (Lipinski definition) is 4. The molecule has 1 N–H and O–H groups in total. The topological polar surface area (TPSA) is 63.6 Å². The van der Waals surface area contributed by atoms with Crippen molar-refractivity contribution >= 4 is 23.3 Å². The van der Waals surface area contributed by atoms with Crippen LogP contribution in [0.2, 0.25) is 0 Å². The molecule has 0 aliphatic heterocycles. The maximum absolute atomic E-state index is 12.0. The molecule has 0 unspecified atom stereocenters. The van der Waals surface area contributed by atoms with Crippen molar-refractivity contribution in [3.05, 3.63) is 57.8 Å². The Kier molecular flexibility index (Phi) is 3.97. The van der Waals surface area contributed by atoms with Crippen LogP contribution in [0.1, 0.15) is 38.6 Å². The Morgan fingerprint density at radius 2 is 1.84 bits per heavy atom. The molecule has 1 aromatic heterocycles. The molecule has 2 aromatic rings. The summed E-state index contributed by atoms with van der Waals surface area (Å²) in [5.74, 6) is -1.77. The highest BCUT2D eigenvalue weighted by Crippen LogP contribution is 2.23. The quantitative estimate of drug-likeness (QED) is 0.870. The minimum atomic E-state index is -1.14. The van der Waals surface area contributed by atoms with Crippen LogP contribution in [0, 0.1) is 0 Å². The van der Waals surface area contributed by atoms with Crippen molar-refractivity contribution in [1.29, 1.82) is 0 Å². The fourth-order valence-corrected chi connectivity index (χ4v) is 2.36. The van der Waals surface area contributed by atoms with Crippen LogP contribution in [-0.4, -0.2) is 17.0 Å². The molecule has 0 radical (unpaired) electrons. The lowest BCUT2D eigenvalue weighted by atomic mass is 10.1. The summed E-state index contributed by atoms with van der Waals surface area (Å²) in [6.45, 7) is 1.76. The molecule has 0 saturated carbocycles. The third-order valence-electron chi connectivity index (χ3n) is 2.61. The Bertz CT molecular complexity index is 589. The number of carbonyl (C=O) groups is 2. The third-order valence-corrected chi connectivity index (χ3v) is 3.64. The van der Waals surface area contributed by atoms with Gasteiger partial charge < -0.3 is 9.84 Å². The van der Waals surface area contributed by atoms with Crippen LogP contribution < -0.4 is 0 Å². The standard InChI is InChI=1S/C14H12O4S/c1-9(12-7-4-8-19-12)18-14(17)11-6-3-2-5-10(11)13(15)16/h2-9H,1H3,(H,15,16)/t9-/m1/s1. The second-order valence-electron chi connectivity index (χ2n) is 3.91. The van der Waals surface area contributed by atoms with Crippen molar-refractivity contribution in [2.75, 3.05) is 0 Å². The Balaban J connectivity index is 2.19. The van der Waals surface area contributed by atoms with Crippen LogP contribution in [-0.2, 0) is 4.74 Å². The highest BCUT2D eigenvalue weighted by Gasteiger charge is 2.19. The lowest BCUT2D eigenvalue weighted by molar-refractivity contribution is 0.0338. The number of thiophene rings is 1. The van der Waals surface area contributed by atoms with Crippen LogP contribution in [0.25, 0.3) is 0 Å². The van der Waals surface area contributed by atoms with Crippen molar-refractivity contribution in [3.63, 3.8) is 0 Å². The average Bonchev–Trinajstić information content (AvgIpc) is 2.92. The van der Waals surface area contributed by atoms with Crippen molar-refractivity contribution in [1.82, 2.24) is 0 Å². The normalized spacial score (nSPS) is 11.8. The van der Waals surface area contributed by atoms with E-state index in [-0.39, 0.29) is 11.1 Å². The molecule has 0 spiro atoms. The molecule has 0 aliphatic rings. The minimum absolute atomic E-state index is 0.0501. The van der Waals surface area contributed by atoms with E-state index < -0.39 is 18.0 Å². The smallest absolute Gasteiger partial charge is 0.339 e. The van der Waals surface area contributed by atoms with Gasteiger partial charge in [0.25, 0.3) is 0 Å². The summed E-state index contributed by atoms with van der Waals surface area (Å²) in [6.07, 6.45) is -0.394. The van der Waals surface area contributed by atoms with E-state index in [2.05, 4.69) is 0 Å². The van der Waals surface area contributed by atoms with Crippen LogP contribution in [0.3, 0.4) is 0 Å². The monoisotopic (exact) mass is 276 g/mol. The maximum atomic E-state index is 12.0. The van der Waals surface area contributed by atoms with Gasteiger partial charge in [0.2, 0.25) is 0 Å². The zero-order chi connectivity index (χ0) is 13.8. The molecule has 1 atom stereocenters. The summed E-state index contributed by atoms with van der Waals surface area (Å²) in [6, 6.07) is 9.75. The van der Waals surface area contributed by atoms with Gasteiger partial charge in [-0.15, -0.1) is 11.3 Å². The fourth-order valence-electron chi connectivity index (χ4n) is 1.65. The van der Waals surface area contributed by atoms with Crippen LogP contribution in [0.4, 0.5) is 0 Å². The molecule has 4 nitrogen and oxygen atoms in total. The summed E-state index contributed by atoms with van der Waals surface area (Å²) < 4.78 is 5.28. The van der Waals surface area contributed by atoms with Crippen LogP contribution in [0.5, 0.6) is 0 Å². The van der Waals surface area contributed by atoms with Gasteiger partial charge in [-0.2, -0.15) is 0 Å². The molecular formula is C14H12O4S. The van der Waals surface area contributed by atoms with E-state index in [0.29, 0.717) is 0 Å². The maximum Gasteiger partial charge on any atom is 0.339 e. The van der Waals surface area contributed by atoms with Gasteiger partial charge in [0.15, 0.2) is 0 Å². The molecule has 0 amide bonds. The molecule has 98 valence electrons. The number of carboxylic acid groups (broad SMARTS) is 1. The zero-order valence-electron chi connectivity index (χ0n) is 10.2. The van der Waals surface area contributed by atoms with Gasteiger partial charge in [-0.3, -0.25) is 0 Å². The third kappa shape index (κ3) is 3.00. The first-order valence-electron chi connectivity index (χ1n) is 5.66. The first-order valence-corrected chi connectivity index (χ1v) is 6.54. The predicted molar refractivity (Wildman–Crippen MR) is 71.6 cm³/mol. The zero-order valence-corrected chi connectivity index (χ0v) is 11.0. The predicted octanol–water partition coefficient (Wildman–Crippen LogP) is 3.36. The van der Waals surface area contributed by atoms with E-state index in [1.807, 2.05) is 17.5 Å². The number of hydrogen-bond donors (Lipinski definition) is 1. The molecule has 0 fully saturated rings. The Morgan fingerprint density at radius 3 is 2.42 bits per heavy atom. The first-order chi connectivity index (χ1) is 9.09. The Hall–Kier alpha value is -2.14. The van der Waals surface area contributed by atoms with Crippen molar-refractivity contribution in [2.24, 2.45) is 0 Å². The summed E-state index contributed by atoms with van der Waals surface area (Å²) in [7, 11) is 0. The second-order valence-corrected chi connectivity index (χ2v) is 4.89. The minimum Gasteiger partial charge on any atom is -0.478 e. The van der Waals surface area contributed by atoms with Gasteiger partial charge in [-0.25, -0.2) is 9.59 Å². The van der Waals surface area contributed by atoms with Crippen LogP contribution >= 0.6 is 11.3 Å². The lowest BCUT2D eigenvalue weighted by Gasteiger charge is -2.12. The van der Waals surface area contributed by atoms with Gasteiger partial charge in [-0.05, 0) is 30.5 Å². The molecule has 1 heterocycles. The second kappa shape index (κ2) is 5.67. The Labute approximate surface area is 114 Å². The van der Waals surface area contributed by atoms with E-state index in [0.717, 1.165) is 4.88 Å². The summed E-state index contributed by atoms with van der Waals surface area (Å²) in [4.78, 5) is 23.9. The summed E-state index contributed by atoms with van der Waals surface area (Å²) in [5.41, 5.74) is 0.0179. The highest BCUT2D eigenvalue weighted by molar-refractivity contribution is 7.10. The number of carboxylic acids is 1. The van der Waals surface area contributed by atoms with Gasteiger partial charge in [0.1, 0.15) is 6.10 Å². The average molecular weight is 276 g/mol.